The van der Waals surface area contributed by atoms with Crippen LogP contribution in [0.3, 0.4) is 0 Å². The number of anilines is 1. The SMILES string of the molecule is Cc1cc(C)c(C(=O)O)cc1NC(=O)CCOC(C)CC(C)C. The Bertz CT molecular complexity index is 566. The number of carboxylic acids is 1. The van der Waals surface area contributed by atoms with E-state index in [1.807, 2.05) is 13.8 Å². The van der Waals surface area contributed by atoms with Crippen LogP contribution in [0.2, 0.25) is 0 Å². The van der Waals surface area contributed by atoms with Crippen molar-refractivity contribution in [3.8, 4) is 0 Å². The molecule has 2 N–H and O–H groups in total. The second-order valence-corrected chi connectivity index (χ2v) is 6.40. The maximum Gasteiger partial charge on any atom is 0.336 e. The minimum absolute atomic E-state index is 0.127. The van der Waals surface area contributed by atoms with Crippen molar-refractivity contribution >= 4 is 17.6 Å². The van der Waals surface area contributed by atoms with Gasteiger partial charge in [0, 0.05) is 5.69 Å². The number of aryl methyl sites for hydroxylation is 2. The van der Waals surface area contributed by atoms with Crippen LogP contribution in [-0.2, 0) is 9.53 Å². The lowest BCUT2D eigenvalue weighted by Gasteiger charge is -2.15. The third-order valence-electron chi connectivity index (χ3n) is 3.61. The van der Waals surface area contributed by atoms with E-state index in [1.54, 1.807) is 13.0 Å². The molecule has 5 heteroatoms. The average Bonchev–Trinajstić information content (AvgIpc) is 2.40. The van der Waals surface area contributed by atoms with Crippen molar-refractivity contribution in [3.05, 3.63) is 28.8 Å². The zero-order valence-corrected chi connectivity index (χ0v) is 14.6. The van der Waals surface area contributed by atoms with E-state index in [1.165, 1.54) is 6.07 Å². The Balaban J connectivity index is 2.58. The average molecular weight is 321 g/mol. The number of hydrogen-bond donors (Lipinski definition) is 2. The number of amides is 1. The van der Waals surface area contributed by atoms with E-state index in [-0.39, 0.29) is 24.0 Å². The summed E-state index contributed by atoms with van der Waals surface area (Å²) in [6, 6.07) is 3.27. The monoisotopic (exact) mass is 321 g/mol. The number of aromatic carboxylic acids is 1. The molecule has 1 unspecified atom stereocenters. The maximum absolute atomic E-state index is 12.0. The molecule has 0 heterocycles. The third-order valence-corrected chi connectivity index (χ3v) is 3.61. The third kappa shape index (κ3) is 6.40. The van der Waals surface area contributed by atoms with Crippen LogP contribution in [0.1, 0.15) is 55.1 Å². The Kier molecular flexibility index (Phi) is 7.23. The van der Waals surface area contributed by atoms with Gasteiger partial charge >= 0.3 is 5.97 Å². The van der Waals surface area contributed by atoms with Gasteiger partial charge in [-0.05, 0) is 50.3 Å². The van der Waals surface area contributed by atoms with E-state index in [0.29, 0.717) is 23.8 Å². The van der Waals surface area contributed by atoms with E-state index < -0.39 is 5.97 Å². The molecule has 1 atom stereocenters. The Morgan fingerprint density at radius 1 is 1.17 bits per heavy atom. The molecule has 0 saturated carbocycles. The normalized spacial score (nSPS) is 12.3. The summed E-state index contributed by atoms with van der Waals surface area (Å²) >= 11 is 0. The summed E-state index contributed by atoms with van der Waals surface area (Å²) in [6.45, 7) is 10.2. The van der Waals surface area contributed by atoms with Crippen molar-refractivity contribution < 1.29 is 19.4 Å². The predicted octanol–water partition coefficient (Wildman–Crippen LogP) is 3.78. The first-order chi connectivity index (χ1) is 10.7. The van der Waals surface area contributed by atoms with Gasteiger partial charge in [0.05, 0.1) is 24.7 Å². The van der Waals surface area contributed by atoms with E-state index in [2.05, 4.69) is 19.2 Å². The summed E-state index contributed by atoms with van der Waals surface area (Å²) in [5.41, 5.74) is 2.26. The van der Waals surface area contributed by atoms with Crippen molar-refractivity contribution in [3.63, 3.8) is 0 Å². The number of carboxylic acid groups (broad SMARTS) is 1. The number of nitrogens with one attached hydrogen (secondary N) is 1. The van der Waals surface area contributed by atoms with Crippen LogP contribution in [0.5, 0.6) is 0 Å². The van der Waals surface area contributed by atoms with Gasteiger partial charge in [0.2, 0.25) is 5.91 Å². The molecule has 5 nitrogen and oxygen atoms in total. The van der Waals surface area contributed by atoms with Crippen molar-refractivity contribution in [1.82, 2.24) is 0 Å². The largest absolute Gasteiger partial charge is 0.478 e. The fourth-order valence-corrected chi connectivity index (χ4v) is 2.51. The Morgan fingerprint density at radius 3 is 2.39 bits per heavy atom. The van der Waals surface area contributed by atoms with Gasteiger partial charge in [-0.15, -0.1) is 0 Å². The van der Waals surface area contributed by atoms with Crippen LogP contribution in [-0.4, -0.2) is 29.7 Å². The molecule has 0 aliphatic rings. The fraction of sp³-hybridized carbons (Fsp3) is 0.556. The summed E-state index contributed by atoms with van der Waals surface area (Å²) in [6.07, 6.45) is 1.33. The van der Waals surface area contributed by atoms with Crippen LogP contribution in [0.15, 0.2) is 12.1 Å². The van der Waals surface area contributed by atoms with Crippen LogP contribution in [0.4, 0.5) is 5.69 Å². The Morgan fingerprint density at radius 2 is 1.83 bits per heavy atom. The molecule has 0 aromatic heterocycles. The highest BCUT2D eigenvalue weighted by molar-refractivity contribution is 5.95. The van der Waals surface area contributed by atoms with Crippen molar-refractivity contribution in [1.29, 1.82) is 0 Å². The highest BCUT2D eigenvalue weighted by atomic mass is 16.5. The highest BCUT2D eigenvalue weighted by Gasteiger charge is 2.13. The van der Waals surface area contributed by atoms with E-state index >= 15 is 0 Å². The lowest BCUT2D eigenvalue weighted by atomic mass is 10.0. The molecule has 128 valence electrons. The molecule has 0 fully saturated rings. The molecule has 0 bridgehead atoms. The molecule has 0 spiro atoms. The summed E-state index contributed by atoms with van der Waals surface area (Å²) < 4.78 is 5.62. The summed E-state index contributed by atoms with van der Waals surface area (Å²) in [5.74, 6) is -0.614. The van der Waals surface area contributed by atoms with Crippen LogP contribution >= 0.6 is 0 Å². The number of carbonyl (C=O) groups excluding carboxylic acids is 1. The van der Waals surface area contributed by atoms with Crippen molar-refractivity contribution in [2.45, 2.75) is 53.6 Å². The molecule has 1 rings (SSSR count). The maximum atomic E-state index is 12.0. The van der Waals surface area contributed by atoms with Crippen LogP contribution < -0.4 is 5.32 Å². The number of rotatable bonds is 8. The summed E-state index contributed by atoms with van der Waals surface area (Å²) in [4.78, 5) is 23.2. The fourth-order valence-electron chi connectivity index (χ4n) is 2.51. The molecular formula is C18H27NO4. The Hall–Kier alpha value is -1.88. The zero-order chi connectivity index (χ0) is 17.6. The first kappa shape index (κ1) is 19.2. The van der Waals surface area contributed by atoms with Gasteiger partial charge in [0.1, 0.15) is 0 Å². The van der Waals surface area contributed by atoms with Gasteiger partial charge in [-0.3, -0.25) is 4.79 Å². The number of ether oxygens (including phenoxy) is 1. The molecular weight excluding hydrogens is 294 g/mol. The van der Waals surface area contributed by atoms with Gasteiger partial charge in [-0.25, -0.2) is 4.79 Å². The molecule has 1 amide bonds. The molecule has 0 aliphatic carbocycles. The minimum atomic E-state index is -0.996. The van der Waals surface area contributed by atoms with E-state index in [0.717, 1.165) is 12.0 Å². The zero-order valence-electron chi connectivity index (χ0n) is 14.6. The van der Waals surface area contributed by atoms with Crippen molar-refractivity contribution in [2.75, 3.05) is 11.9 Å². The van der Waals surface area contributed by atoms with Gasteiger partial charge in [-0.2, -0.15) is 0 Å². The molecule has 1 aromatic carbocycles. The molecule has 0 aliphatic heterocycles. The minimum Gasteiger partial charge on any atom is -0.478 e. The topological polar surface area (TPSA) is 75.6 Å². The number of benzene rings is 1. The van der Waals surface area contributed by atoms with Crippen LogP contribution in [0.25, 0.3) is 0 Å². The first-order valence-corrected chi connectivity index (χ1v) is 7.96. The lowest BCUT2D eigenvalue weighted by Crippen LogP contribution is -2.18. The standard InChI is InChI=1S/C18H27NO4/c1-11(2)8-14(5)23-7-6-17(20)19-16-10-15(18(21)22)12(3)9-13(16)4/h9-11,14H,6-8H2,1-5H3,(H,19,20)(H,21,22). The van der Waals surface area contributed by atoms with E-state index in [4.69, 9.17) is 9.84 Å². The Labute approximate surface area is 138 Å². The second kappa shape index (κ2) is 8.67. The van der Waals surface area contributed by atoms with Gasteiger partial charge in [0.25, 0.3) is 0 Å². The predicted molar refractivity (Wildman–Crippen MR) is 91.0 cm³/mol. The lowest BCUT2D eigenvalue weighted by molar-refractivity contribution is -0.117. The van der Waals surface area contributed by atoms with Gasteiger partial charge < -0.3 is 15.2 Å². The quantitative estimate of drug-likeness (QED) is 0.764. The van der Waals surface area contributed by atoms with Crippen molar-refractivity contribution in [2.24, 2.45) is 5.92 Å². The van der Waals surface area contributed by atoms with Gasteiger partial charge in [0.15, 0.2) is 0 Å². The van der Waals surface area contributed by atoms with E-state index in [9.17, 15) is 9.59 Å². The molecule has 0 saturated heterocycles. The first-order valence-electron chi connectivity index (χ1n) is 7.96. The highest BCUT2D eigenvalue weighted by Crippen LogP contribution is 2.21. The molecule has 1 aromatic rings. The van der Waals surface area contributed by atoms with Gasteiger partial charge in [-0.1, -0.05) is 19.9 Å². The molecule has 23 heavy (non-hydrogen) atoms. The smallest absolute Gasteiger partial charge is 0.336 e. The summed E-state index contributed by atoms with van der Waals surface area (Å²) in [5, 5.41) is 11.9. The van der Waals surface area contributed by atoms with Crippen LogP contribution in [0, 0.1) is 19.8 Å². The number of carbonyl (C=O) groups is 2. The second-order valence-electron chi connectivity index (χ2n) is 6.40. The number of hydrogen-bond acceptors (Lipinski definition) is 3. The molecule has 0 radical (unpaired) electrons. The summed E-state index contributed by atoms with van der Waals surface area (Å²) in [7, 11) is 0.